The van der Waals surface area contributed by atoms with Gasteiger partial charge in [0, 0.05) is 5.75 Å². The lowest BCUT2D eigenvalue weighted by Crippen LogP contribution is -2.17. The van der Waals surface area contributed by atoms with Gasteiger partial charge >= 0.3 is 5.97 Å². The van der Waals surface area contributed by atoms with Crippen LogP contribution < -0.4 is 5.32 Å². The van der Waals surface area contributed by atoms with Crippen molar-refractivity contribution in [2.24, 2.45) is 0 Å². The number of hydrogen-bond donors (Lipinski definition) is 1. The lowest BCUT2D eigenvalue weighted by molar-refractivity contribution is -0.113. The summed E-state index contributed by atoms with van der Waals surface area (Å²) in [5.41, 5.74) is 1.84. The van der Waals surface area contributed by atoms with Crippen molar-refractivity contribution in [3.63, 3.8) is 0 Å². The number of ether oxygens (including phenoxy) is 1. The Hall–Kier alpha value is -1.84. The average molecular weight is 410 g/mol. The van der Waals surface area contributed by atoms with Gasteiger partial charge in [-0.3, -0.25) is 4.79 Å². The average Bonchev–Trinajstić information content (AvgIpc) is 3.07. The first-order chi connectivity index (χ1) is 12.5. The first-order valence-electron chi connectivity index (χ1n) is 7.79. The second-order valence-corrected chi connectivity index (χ2v) is 8.61. The van der Waals surface area contributed by atoms with E-state index < -0.39 is 5.97 Å². The topological polar surface area (TPSA) is 81.2 Å². The molecule has 138 valence electrons. The van der Waals surface area contributed by atoms with Gasteiger partial charge in [0.1, 0.15) is 0 Å². The van der Waals surface area contributed by atoms with Crippen molar-refractivity contribution >= 4 is 52.4 Å². The van der Waals surface area contributed by atoms with E-state index in [1.54, 1.807) is 43.0 Å². The molecule has 0 atom stereocenters. The zero-order chi connectivity index (χ0) is 18.9. The van der Waals surface area contributed by atoms with Crippen LogP contribution in [-0.2, 0) is 9.53 Å². The fraction of sp³-hybridized carbons (Fsp3) is 0.294. The maximum absolute atomic E-state index is 12.2. The van der Waals surface area contributed by atoms with Crippen LogP contribution in [0.4, 0.5) is 5.69 Å². The Bertz CT molecular complexity index is 792. The van der Waals surface area contributed by atoms with Crippen LogP contribution in [0.2, 0.25) is 0 Å². The molecule has 0 saturated heterocycles. The Labute approximate surface area is 164 Å². The van der Waals surface area contributed by atoms with Crippen LogP contribution in [-0.4, -0.2) is 40.2 Å². The Morgan fingerprint density at radius 1 is 1.19 bits per heavy atom. The smallest absolute Gasteiger partial charge is 0.340 e. The molecule has 0 spiro atoms. The van der Waals surface area contributed by atoms with Crippen molar-refractivity contribution in [2.75, 3.05) is 23.4 Å². The van der Waals surface area contributed by atoms with E-state index in [1.807, 2.05) is 6.92 Å². The van der Waals surface area contributed by atoms with E-state index in [1.165, 1.54) is 23.1 Å². The lowest BCUT2D eigenvalue weighted by atomic mass is 10.2. The third kappa shape index (κ3) is 6.47. The molecule has 2 rings (SSSR count). The Balaban J connectivity index is 1.90. The maximum Gasteiger partial charge on any atom is 0.340 e. The number of amides is 1. The number of rotatable bonds is 9. The van der Waals surface area contributed by atoms with Crippen molar-refractivity contribution in [3.8, 4) is 0 Å². The molecular weight excluding hydrogens is 390 g/mol. The summed E-state index contributed by atoms with van der Waals surface area (Å²) in [6, 6.07) is 6.77. The molecule has 1 heterocycles. The fourth-order valence-electron chi connectivity index (χ4n) is 1.79. The van der Waals surface area contributed by atoms with E-state index in [4.69, 9.17) is 4.74 Å². The molecule has 0 bridgehead atoms. The summed E-state index contributed by atoms with van der Waals surface area (Å²) >= 11 is 4.33. The summed E-state index contributed by atoms with van der Waals surface area (Å²) in [5.74, 6) is 0.291. The summed E-state index contributed by atoms with van der Waals surface area (Å²) in [5, 5.41) is 10.9. The number of benzene rings is 1. The Kier molecular flexibility index (Phi) is 8.14. The molecule has 6 nitrogen and oxygen atoms in total. The normalized spacial score (nSPS) is 10.4. The predicted octanol–water partition coefficient (Wildman–Crippen LogP) is 4.11. The molecule has 0 aliphatic rings. The van der Waals surface area contributed by atoms with E-state index in [-0.39, 0.29) is 18.3 Å². The minimum Gasteiger partial charge on any atom is -0.462 e. The highest BCUT2D eigenvalue weighted by Crippen LogP contribution is 2.29. The van der Waals surface area contributed by atoms with Crippen molar-refractivity contribution in [1.82, 2.24) is 10.2 Å². The first-order valence-corrected chi connectivity index (χ1v) is 10.6. The molecule has 0 saturated carbocycles. The minimum atomic E-state index is -0.459. The third-order valence-corrected chi connectivity index (χ3v) is 6.27. The molecule has 1 amide bonds. The van der Waals surface area contributed by atoms with E-state index in [0.29, 0.717) is 11.3 Å². The van der Waals surface area contributed by atoms with E-state index in [0.717, 1.165) is 20.0 Å². The van der Waals surface area contributed by atoms with Crippen molar-refractivity contribution in [3.05, 3.63) is 42.0 Å². The van der Waals surface area contributed by atoms with Crippen molar-refractivity contribution in [1.29, 1.82) is 0 Å². The quantitative estimate of drug-likeness (QED) is 0.379. The first kappa shape index (κ1) is 20.5. The van der Waals surface area contributed by atoms with Crippen LogP contribution in [0.1, 0.15) is 24.2 Å². The van der Waals surface area contributed by atoms with Gasteiger partial charge in [-0.25, -0.2) is 4.79 Å². The van der Waals surface area contributed by atoms with Crippen LogP contribution >= 0.6 is 34.9 Å². The number of esters is 1. The number of carbonyl (C=O) groups is 2. The number of para-hydroxylation sites is 1. The summed E-state index contributed by atoms with van der Waals surface area (Å²) in [7, 11) is 0. The predicted molar refractivity (Wildman–Crippen MR) is 107 cm³/mol. The maximum atomic E-state index is 12.2. The molecule has 0 fully saturated rings. The van der Waals surface area contributed by atoms with Crippen LogP contribution in [0.5, 0.6) is 0 Å². The van der Waals surface area contributed by atoms with Gasteiger partial charge in [0.15, 0.2) is 8.68 Å². The Morgan fingerprint density at radius 2 is 1.85 bits per heavy atom. The zero-order valence-corrected chi connectivity index (χ0v) is 16.9. The standard InChI is InChI=1S/C17H19N3O3S3/c1-4-23-15(22)12-7-5-6-8-13(12)18-14(21)10-25-17-20-19-16(26-17)24-9-11(2)3/h5-8H,2,4,9-10H2,1,3H3,(H,18,21). The van der Waals surface area contributed by atoms with Crippen LogP contribution in [0.15, 0.2) is 45.1 Å². The largest absolute Gasteiger partial charge is 0.462 e. The van der Waals surface area contributed by atoms with Gasteiger partial charge in [-0.05, 0) is 26.0 Å². The number of anilines is 1. The van der Waals surface area contributed by atoms with Gasteiger partial charge < -0.3 is 10.1 Å². The van der Waals surface area contributed by atoms with Gasteiger partial charge in [0.2, 0.25) is 5.91 Å². The number of aromatic nitrogens is 2. The monoisotopic (exact) mass is 409 g/mol. The summed E-state index contributed by atoms with van der Waals surface area (Å²) in [4.78, 5) is 24.1. The highest BCUT2D eigenvalue weighted by atomic mass is 32.2. The SMILES string of the molecule is C=C(C)CSc1nnc(SCC(=O)Nc2ccccc2C(=O)OCC)s1. The van der Waals surface area contributed by atoms with Crippen LogP contribution in [0.3, 0.4) is 0 Å². The minimum absolute atomic E-state index is 0.178. The second-order valence-electron chi connectivity index (χ2n) is 5.18. The van der Waals surface area contributed by atoms with E-state index >= 15 is 0 Å². The molecular formula is C17H19N3O3S3. The number of carbonyl (C=O) groups excluding carboxylic acids is 2. The fourth-order valence-corrected chi connectivity index (χ4v) is 4.45. The van der Waals surface area contributed by atoms with Crippen molar-refractivity contribution in [2.45, 2.75) is 22.5 Å². The number of thioether (sulfide) groups is 2. The lowest BCUT2D eigenvalue weighted by Gasteiger charge is -2.09. The van der Waals surface area contributed by atoms with Crippen LogP contribution in [0.25, 0.3) is 0 Å². The third-order valence-electron chi connectivity index (χ3n) is 2.85. The van der Waals surface area contributed by atoms with Gasteiger partial charge in [-0.1, -0.05) is 59.1 Å². The number of nitrogens with one attached hydrogen (secondary N) is 1. The molecule has 2 aromatic rings. The van der Waals surface area contributed by atoms with Gasteiger partial charge in [0.25, 0.3) is 0 Å². The number of nitrogens with zero attached hydrogens (tertiary/aromatic N) is 2. The molecule has 0 aliphatic carbocycles. The highest BCUT2D eigenvalue weighted by Gasteiger charge is 2.15. The molecule has 9 heteroatoms. The van der Waals surface area contributed by atoms with E-state index in [2.05, 4.69) is 22.1 Å². The highest BCUT2D eigenvalue weighted by molar-refractivity contribution is 8.03. The summed E-state index contributed by atoms with van der Waals surface area (Å²) in [6.45, 7) is 7.83. The van der Waals surface area contributed by atoms with Gasteiger partial charge in [-0.15, -0.1) is 10.2 Å². The molecule has 0 radical (unpaired) electrons. The molecule has 26 heavy (non-hydrogen) atoms. The molecule has 1 aromatic heterocycles. The van der Waals surface area contributed by atoms with Gasteiger partial charge in [0.05, 0.1) is 23.6 Å². The molecule has 1 N–H and O–H groups in total. The molecule has 1 aromatic carbocycles. The van der Waals surface area contributed by atoms with E-state index in [9.17, 15) is 9.59 Å². The molecule has 0 aliphatic heterocycles. The summed E-state index contributed by atoms with van der Waals surface area (Å²) < 4.78 is 6.58. The summed E-state index contributed by atoms with van der Waals surface area (Å²) in [6.07, 6.45) is 0. The van der Waals surface area contributed by atoms with Crippen molar-refractivity contribution < 1.29 is 14.3 Å². The van der Waals surface area contributed by atoms with Crippen LogP contribution in [0, 0.1) is 0 Å². The number of hydrogen-bond acceptors (Lipinski definition) is 8. The second kappa shape index (κ2) is 10.3. The molecule has 0 unspecified atom stereocenters. The Morgan fingerprint density at radius 3 is 2.50 bits per heavy atom. The van der Waals surface area contributed by atoms with Gasteiger partial charge in [-0.2, -0.15) is 0 Å². The zero-order valence-electron chi connectivity index (χ0n) is 14.5.